The highest BCUT2D eigenvalue weighted by Gasteiger charge is 2.45. The summed E-state index contributed by atoms with van der Waals surface area (Å²) in [4.78, 5) is 46.2. The van der Waals surface area contributed by atoms with Gasteiger partial charge in [0.25, 0.3) is 0 Å². The van der Waals surface area contributed by atoms with Gasteiger partial charge in [0.15, 0.2) is 0 Å². The molecule has 230 valence electrons. The molecule has 1 aromatic heterocycles. The number of imide groups is 1. The molecule has 45 heavy (non-hydrogen) atoms. The number of fused-ring (bicyclic) bond motifs is 2. The van der Waals surface area contributed by atoms with E-state index in [1.54, 1.807) is 4.90 Å². The highest BCUT2D eigenvalue weighted by molar-refractivity contribution is 5.97. The molecule has 10 heteroatoms. The Hall–Kier alpha value is -5.14. The van der Waals surface area contributed by atoms with E-state index in [0.717, 1.165) is 34.0 Å². The minimum Gasteiger partial charge on any atom is -0.445 e. The van der Waals surface area contributed by atoms with Crippen molar-refractivity contribution >= 4 is 28.9 Å². The summed E-state index contributed by atoms with van der Waals surface area (Å²) in [5.74, 6) is -0.231. The Bertz CT molecular complexity index is 1680. The topological polar surface area (TPSA) is 131 Å². The molecule has 0 bridgehead atoms. The van der Waals surface area contributed by atoms with Gasteiger partial charge < -0.3 is 19.9 Å². The maximum Gasteiger partial charge on any atom is 0.407 e. The smallest absolute Gasteiger partial charge is 0.407 e. The van der Waals surface area contributed by atoms with Gasteiger partial charge in [-0.05, 0) is 42.0 Å². The van der Waals surface area contributed by atoms with Gasteiger partial charge in [-0.25, -0.2) is 9.59 Å². The molecule has 0 spiro atoms. The highest BCUT2D eigenvalue weighted by Crippen LogP contribution is 2.29. The van der Waals surface area contributed by atoms with Gasteiger partial charge >= 0.3 is 12.1 Å². The second-order valence-corrected chi connectivity index (χ2v) is 11.6. The molecule has 2 fully saturated rings. The first-order chi connectivity index (χ1) is 22.0. The number of aromatic nitrogens is 1. The Morgan fingerprint density at radius 1 is 1.00 bits per heavy atom. The summed E-state index contributed by atoms with van der Waals surface area (Å²) in [7, 11) is 0. The first-order valence-corrected chi connectivity index (χ1v) is 15.3. The third kappa shape index (κ3) is 6.84. The number of hydrogen-bond acceptors (Lipinski definition) is 6. The standard InChI is InChI=1S/C35H36N6O4/c36-20-31(38-29-16-9-17-40-32(29)19-33(42)41(35(40)44)22-24-10-3-1-4-11-24)30(18-26-21-37-28-15-8-7-14-27(26)28)39-34(43)45-23-25-12-5-2-6-13-25/h1-8,10-15,21,29-32,37-38H,9,16-19,22-23H2,(H,39,43)/t29-,30+,31-,32+/m1/s1. The van der Waals surface area contributed by atoms with Crippen LogP contribution in [0.25, 0.3) is 10.9 Å². The number of alkyl carbamates (subject to hydrolysis) is 1. The van der Waals surface area contributed by atoms with Crippen LogP contribution in [0.2, 0.25) is 0 Å². The molecular formula is C35H36N6O4. The number of urea groups is 1. The normalized spacial score (nSPS) is 19.4. The van der Waals surface area contributed by atoms with Crippen LogP contribution in [-0.2, 0) is 29.1 Å². The van der Waals surface area contributed by atoms with Crippen LogP contribution in [0.5, 0.6) is 0 Å². The molecule has 2 saturated heterocycles. The van der Waals surface area contributed by atoms with E-state index < -0.39 is 18.2 Å². The van der Waals surface area contributed by atoms with Crippen molar-refractivity contribution in [3.05, 3.63) is 108 Å². The average molecular weight is 605 g/mol. The van der Waals surface area contributed by atoms with E-state index in [0.29, 0.717) is 19.4 Å². The number of carbonyl (C=O) groups is 3. The lowest BCUT2D eigenvalue weighted by atomic mass is 9.89. The van der Waals surface area contributed by atoms with Crippen molar-refractivity contribution in [2.24, 2.45) is 0 Å². The molecule has 10 nitrogen and oxygen atoms in total. The Balaban J connectivity index is 1.19. The summed E-state index contributed by atoms with van der Waals surface area (Å²) in [6, 6.07) is 26.6. The van der Waals surface area contributed by atoms with Gasteiger partial charge in [-0.3, -0.25) is 15.0 Å². The Morgan fingerprint density at radius 3 is 2.47 bits per heavy atom. The minimum absolute atomic E-state index is 0.0977. The summed E-state index contributed by atoms with van der Waals surface area (Å²) < 4.78 is 5.53. The maximum absolute atomic E-state index is 13.5. The molecule has 0 saturated carbocycles. The van der Waals surface area contributed by atoms with Gasteiger partial charge in [0, 0.05) is 36.1 Å². The van der Waals surface area contributed by atoms with E-state index >= 15 is 0 Å². The van der Waals surface area contributed by atoms with Gasteiger partial charge in [0.05, 0.1) is 24.7 Å². The fourth-order valence-corrected chi connectivity index (χ4v) is 6.39. The van der Waals surface area contributed by atoms with Crippen LogP contribution in [0.3, 0.4) is 0 Å². The number of ether oxygens (including phenoxy) is 1. The Morgan fingerprint density at radius 2 is 1.71 bits per heavy atom. The van der Waals surface area contributed by atoms with Crippen molar-refractivity contribution in [1.82, 2.24) is 25.4 Å². The Labute approximate surface area is 262 Å². The molecular weight excluding hydrogens is 568 g/mol. The second-order valence-electron chi connectivity index (χ2n) is 11.6. The molecule has 3 heterocycles. The molecule has 4 aromatic rings. The summed E-state index contributed by atoms with van der Waals surface area (Å²) in [5.41, 5.74) is 3.65. The lowest BCUT2D eigenvalue weighted by molar-refractivity contribution is -0.134. The van der Waals surface area contributed by atoms with Gasteiger partial charge in [-0.2, -0.15) is 5.26 Å². The van der Waals surface area contributed by atoms with Crippen molar-refractivity contribution in [1.29, 1.82) is 5.26 Å². The minimum atomic E-state index is -0.819. The summed E-state index contributed by atoms with van der Waals surface area (Å²) in [6.07, 6.45) is 3.20. The molecule has 2 aliphatic heterocycles. The fourth-order valence-electron chi connectivity index (χ4n) is 6.39. The van der Waals surface area contributed by atoms with E-state index in [1.807, 2.05) is 91.1 Å². The van der Waals surface area contributed by atoms with Crippen LogP contribution in [0.4, 0.5) is 9.59 Å². The van der Waals surface area contributed by atoms with Crippen LogP contribution in [0, 0.1) is 11.3 Å². The summed E-state index contributed by atoms with van der Waals surface area (Å²) in [6.45, 7) is 0.864. The van der Waals surface area contributed by atoms with Gasteiger partial charge in [-0.1, -0.05) is 78.9 Å². The van der Waals surface area contributed by atoms with Crippen LogP contribution in [0.1, 0.15) is 36.0 Å². The monoisotopic (exact) mass is 604 g/mol. The summed E-state index contributed by atoms with van der Waals surface area (Å²) >= 11 is 0. The largest absolute Gasteiger partial charge is 0.445 e. The number of nitrogens with one attached hydrogen (secondary N) is 3. The number of H-pyrrole nitrogens is 1. The van der Waals surface area contributed by atoms with Crippen molar-refractivity contribution in [3.8, 4) is 6.07 Å². The van der Waals surface area contributed by atoms with Crippen molar-refractivity contribution < 1.29 is 19.1 Å². The number of nitriles is 1. The zero-order valence-electron chi connectivity index (χ0n) is 24.9. The van der Waals surface area contributed by atoms with Gasteiger partial charge in [0.2, 0.25) is 5.91 Å². The maximum atomic E-state index is 13.5. The molecule has 4 atom stereocenters. The van der Waals surface area contributed by atoms with Crippen LogP contribution < -0.4 is 10.6 Å². The third-order valence-electron chi connectivity index (χ3n) is 8.69. The van der Waals surface area contributed by atoms with Crippen LogP contribution >= 0.6 is 0 Å². The van der Waals surface area contributed by atoms with E-state index in [4.69, 9.17) is 4.74 Å². The average Bonchev–Trinajstić information content (AvgIpc) is 3.48. The van der Waals surface area contributed by atoms with Crippen molar-refractivity contribution in [2.75, 3.05) is 6.54 Å². The highest BCUT2D eigenvalue weighted by atomic mass is 16.5. The molecule has 0 unspecified atom stereocenters. The lowest BCUT2D eigenvalue weighted by Crippen LogP contribution is -2.66. The fraction of sp³-hybridized carbons (Fsp3) is 0.314. The zero-order valence-corrected chi connectivity index (χ0v) is 24.9. The number of para-hydroxylation sites is 1. The van der Waals surface area contributed by atoms with Crippen molar-refractivity contribution in [2.45, 2.75) is 63.0 Å². The van der Waals surface area contributed by atoms with Gasteiger partial charge in [0.1, 0.15) is 12.6 Å². The van der Waals surface area contributed by atoms with Crippen LogP contribution in [0.15, 0.2) is 91.1 Å². The predicted molar refractivity (Wildman–Crippen MR) is 169 cm³/mol. The number of aromatic amines is 1. The van der Waals surface area contributed by atoms with E-state index in [1.165, 1.54) is 4.90 Å². The lowest BCUT2D eigenvalue weighted by Gasteiger charge is -2.47. The number of amides is 4. The number of piperidine rings is 1. The SMILES string of the molecule is N#C[C@@H](N[C@@H]1CCCN2C(=O)N(Cc3ccccc3)C(=O)C[C@@H]12)[C@H](Cc1c[nH]c2ccccc12)NC(=O)OCc1ccccc1. The van der Waals surface area contributed by atoms with Crippen LogP contribution in [-0.4, -0.2) is 63.5 Å². The summed E-state index contributed by atoms with van der Waals surface area (Å²) in [5, 5.41) is 17.8. The van der Waals surface area contributed by atoms with E-state index in [9.17, 15) is 19.6 Å². The number of hydrogen-bond donors (Lipinski definition) is 3. The zero-order chi connectivity index (χ0) is 31.2. The molecule has 0 radical (unpaired) electrons. The molecule has 2 aliphatic rings. The van der Waals surface area contributed by atoms with Crippen molar-refractivity contribution in [3.63, 3.8) is 0 Å². The third-order valence-corrected chi connectivity index (χ3v) is 8.69. The number of nitrogens with zero attached hydrogens (tertiary/aromatic N) is 3. The number of benzene rings is 3. The van der Waals surface area contributed by atoms with Gasteiger partial charge in [-0.15, -0.1) is 0 Å². The molecule has 6 rings (SSSR count). The Kier molecular flexibility index (Phi) is 9.08. The first-order valence-electron chi connectivity index (χ1n) is 15.3. The quantitative estimate of drug-likeness (QED) is 0.237. The number of rotatable bonds is 10. The molecule has 4 amide bonds. The number of carbonyl (C=O) groups excluding carboxylic acids is 3. The predicted octanol–water partition coefficient (Wildman–Crippen LogP) is 4.87. The second kappa shape index (κ2) is 13.7. The van der Waals surface area contributed by atoms with E-state index in [-0.39, 0.29) is 43.6 Å². The molecule has 3 N–H and O–H groups in total. The van der Waals surface area contributed by atoms with E-state index in [2.05, 4.69) is 21.7 Å². The molecule has 0 aliphatic carbocycles. The first kappa shape index (κ1) is 29.9. The molecule has 3 aromatic carbocycles.